The van der Waals surface area contributed by atoms with Crippen molar-refractivity contribution in [2.24, 2.45) is 0 Å². The number of hydrogen-bond donors (Lipinski definition) is 2. The zero-order valence-electron chi connectivity index (χ0n) is 14.0. The molecule has 1 atom stereocenters. The third-order valence-electron chi connectivity index (χ3n) is 3.80. The highest BCUT2D eigenvalue weighted by molar-refractivity contribution is 6.00. The number of carbonyl (C=O) groups excluding carboxylic acids is 2. The molecule has 2 aromatic carbocycles. The summed E-state index contributed by atoms with van der Waals surface area (Å²) in [5.41, 5.74) is -0.187. The highest BCUT2D eigenvalue weighted by atomic mass is 19.1. The predicted octanol–water partition coefficient (Wildman–Crippen LogP) is 3.46. The van der Waals surface area contributed by atoms with Gasteiger partial charge in [0.25, 0.3) is 0 Å². The van der Waals surface area contributed by atoms with Gasteiger partial charge in [-0.05, 0) is 44.5 Å². The molecule has 0 aliphatic heterocycles. The number of amides is 2. The molecule has 2 aromatic rings. The normalized spacial score (nSPS) is 12.3. The fourth-order valence-corrected chi connectivity index (χ4v) is 2.25. The first-order valence-corrected chi connectivity index (χ1v) is 7.74. The van der Waals surface area contributed by atoms with Crippen molar-refractivity contribution < 1.29 is 14.0 Å². The van der Waals surface area contributed by atoms with Crippen LogP contribution in [-0.2, 0) is 9.59 Å². The van der Waals surface area contributed by atoms with Gasteiger partial charge in [-0.1, -0.05) is 36.4 Å². The number of anilines is 1. The lowest BCUT2D eigenvalue weighted by molar-refractivity contribution is -0.130. The van der Waals surface area contributed by atoms with Crippen molar-refractivity contribution in [3.63, 3.8) is 0 Å². The van der Waals surface area contributed by atoms with E-state index in [0.717, 1.165) is 0 Å². The molecule has 0 fully saturated rings. The van der Waals surface area contributed by atoms with Crippen LogP contribution in [0.4, 0.5) is 10.1 Å². The minimum absolute atomic E-state index is 0.300. The molecule has 0 bridgehead atoms. The minimum atomic E-state index is -1.13. The van der Waals surface area contributed by atoms with E-state index in [2.05, 4.69) is 10.6 Å². The summed E-state index contributed by atoms with van der Waals surface area (Å²) in [5.74, 6) is -1.89. The van der Waals surface area contributed by atoms with E-state index in [9.17, 15) is 14.0 Å². The number of benzene rings is 2. The van der Waals surface area contributed by atoms with Gasteiger partial charge in [-0.2, -0.15) is 0 Å². The van der Waals surface area contributed by atoms with Crippen molar-refractivity contribution in [3.05, 3.63) is 66.0 Å². The van der Waals surface area contributed by atoms with E-state index in [1.165, 1.54) is 6.07 Å². The van der Waals surface area contributed by atoms with Crippen molar-refractivity contribution in [1.82, 2.24) is 5.32 Å². The first-order chi connectivity index (χ1) is 11.3. The SMILES string of the molecule is CC(C(=O)NC(C)(C)C(=O)Nc1ccccc1)c1ccccc1F. The maximum atomic E-state index is 13.8. The number of para-hydroxylation sites is 1. The molecule has 0 heterocycles. The Balaban J connectivity index is 2.06. The van der Waals surface area contributed by atoms with Crippen molar-refractivity contribution in [2.75, 3.05) is 5.32 Å². The van der Waals surface area contributed by atoms with E-state index < -0.39 is 23.2 Å². The van der Waals surface area contributed by atoms with Gasteiger partial charge in [0.1, 0.15) is 11.4 Å². The molecule has 4 nitrogen and oxygen atoms in total. The topological polar surface area (TPSA) is 58.2 Å². The number of hydrogen-bond acceptors (Lipinski definition) is 2. The van der Waals surface area contributed by atoms with Gasteiger partial charge >= 0.3 is 0 Å². The second-order valence-corrected chi connectivity index (χ2v) is 6.18. The Bertz CT molecular complexity index is 729. The molecule has 0 aromatic heterocycles. The summed E-state index contributed by atoms with van der Waals surface area (Å²) in [6.07, 6.45) is 0. The zero-order valence-corrected chi connectivity index (χ0v) is 14.0. The third-order valence-corrected chi connectivity index (χ3v) is 3.80. The van der Waals surface area contributed by atoms with Crippen LogP contribution >= 0.6 is 0 Å². The van der Waals surface area contributed by atoms with Gasteiger partial charge in [-0.15, -0.1) is 0 Å². The smallest absolute Gasteiger partial charge is 0.249 e. The van der Waals surface area contributed by atoms with Crippen molar-refractivity contribution >= 4 is 17.5 Å². The maximum Gasteiger partial charge on any atom is 0.249 e. The Hall–Kier alpha value is -2.69. The summed E-state index contributed by atoms with van der Waals surface area (Å²) in [4.78, 5) is 24.8. The fourth-order valence-electron chi connectivity index (χ4n) is 2.25. The van der Waals surface area contributed by atoms with Gasteiger partial charge in [-0.3, -0.25) is 9.59 Å². The molecule has 5 heteroatoms. The molecular formula is C19H21FN2O2. The van der Waals surface area contributed by atoms with E-state index in [4.69, 9.17) is 0 Å². The first kappa shape index (κ1) is 17.7. The molecule has 0 radical (unpaired) electrons. The van der Waals surface area contributed by atoms with E-state index in [0.29, 0.717) is 11.3 Å². The molecule has 0 spiro atoms. The zero-order chi connectivity index (χ0) is 17.7. The van der Waals surface area contributed by atoms with Crippen LogP contribution in [-0.4, -0.2) is 17.4 Å². The maximum absolute atomic E-state index is 13.8. The average molecular weight is 328 g/mol. The average Bonchev–Trinajstić information content (AvgIpc) is 2.55. The van der Waals surface area contributed by atoms with Gasteiger partial charge in [0, 0.05) is 5.69 Å². The first-order valence-electron chi connectivity index (χ1n) is 7.74. The molecule has 0 saturated carbocycles. The van der Waals surface area contributed by atoms with Crippen LogP contribution in [0.1, 0.15) is 32.3 Å². The lowest BCUT2D eigenvalue weighted by atomic mass is 9.97. The summed E-state index contributed by atoms with van der Waals surface area (Å²) in [5, 5.41) is 5.43. The van der Waals surface area contributed by atoms with Crippen LogP contribution in [0.3, 0.4) is 0 Å². The molecule has 126 valence electrons. The molecular weight excluding hydrogens is 307 g/mol. The Kier molecular flexibility index (Phi) is 5.34. The predicted molar refractivity (Wildman–Crippen MR) is 92.1 cm³/mol. The number of nitrogens with one attached hydrogen (secondary N) is 2. The Labute approximate surface area is 141 Å². The summed E-state index contributed by atoms with van der Waals surface area (Å²) in [6.45, 7) is 4.83. The Morgan fingerprint density at radius 3 is 2.21 bits per heavy atom. The monoisotopic (exact) mass is 328 g/mol. The largest absolute Gasteiger partial charge is 0.342 e. The quantitative estimate of drug-likeness (QED) is 0.883. The Morgan fingerprint density at radius 2 is 1.58 bits per heavy atom. The van der Waals surface area contributed by atoms with Crippen molar-refractivity contribution in [2.45, 2.75) is 32.2 Å². The van der Waals surface area contributed by atoms with Gasteiger partial charge in [0.15, 0.2) is 0 Å². The van der Waals surface area contributed by atoms with Gasteiger partial charge < -0.3 is 10.6 Å². The van der Waals surface area contributed by atoms with Gasteiger partial charge in [-0.25, -0.2) is 4.39 Å². The lowest BCUT2D eigenvalue weighted by Crippen LogP contribution is -2.53. The Morgan fingerprint density at radius 1 is 1.00 bits per heavy atom. The van der Waals surface area contributed by atoms with E-state index in [-0.39, 0.29) is 5.91 Å². The van der Waals surface area contributed by atoms with Crippen molar-refractivity contribution in [3.8, 4) is 0 Å². The second kappa shape index (κ2) is 7.25. The summed E-state index contributed by atoms with van der Waals surface area (Å²) in [7, 11) is 0. The van der Waals surface area contributed by atoms with Crippen molar-refractivity contribution in [1.29, 1.82) is 0 Å². The summed E-state index contributed by atoms with van der Waals surface area (Å²) < 4.78 is 13.8. The van der Waals surface area contributed by atoms with Crippen LogP contribution in [0, 0.1) is 5.82 Å². The van der Waals surface area contributed by atoms with E-state index in [1.807, 2.05) is 6.07 Å². The molecule has 1 unspecified atom stereocenters. The number of halogens is 1. The molecule has 0 aliphatic rings. The molecule has 2 rings (SSSR count). The lowest BCUT2D eigenvalue weighted by Gasteiger charge is -2.27. The summed E-state index contributed by atoms with van der Waals surface area (Å²) in [6, 6.07) is 15.1. The van der Waals surface area contributed by atoms with E-state index >= 15 is 0 Å². The highest BCUT2D eigenvalue weighted by Gasteiger charge is 2.32. The second-order valence-electron chi connectivity index (χ2n) is 6.18. The summed E-state index contributed by atoms with van der Waals surface area (Å²) >= 11 is 0. The van der Waals surface area contributed by atoms with Gasteiger partial charge in [0.2, 0.25) is 11.8 Å². The molecule has 0 saturated heterocycles. The van der Waals surface area contributed by atoms with Crippen LogP contribution in [0.5, 0.6) is 0 Å². The number of carbonyl (C=O) groups is 2. The molecule has 2 amide bonds. The number of rotatable bonds is 5. The fraction of sp³-hybridized carbons (Fsp3) is 0.263. The highest BCUT2D eigenvalue weighted by Crippen LogP contribution is 2.20. The van der Waals surface area contributed by atoms with E-state index in [1.54, 1.807) is 63.2 Å². The van der Waals surface area contributed by atoms with Crippen LogP contribution in [0.2, 0.25) is 0 Å². The standard InChI is InChI=1S/C19H21FN2O2/c1-13(15-11-7-8-12-16(15)20)17(23)22-19(2,3)18(24)21-14-9-5-4-6-10-14/h4-13H,1-3H3,(H,21,24)(H,22,23). The van der Waals surface area contributed by atoms with Crippen LogP contribution in [0.15, 0.2) is 54.6 Å². The van der Waals surface area contributed by atoms with Crippen LogP contribution < -0.4 is 10.6 Å². The molecule has 0 aliphatic carbocycles. The van der Waals surface area contributed by atoms with Crippen LogP contribution in [0.25, 0.3) is 0 Å². The molecule has 24 heavy (non-hydrogen) atoms. The minimum Gasteiger partial charge on any atom is -0.342 e. The van der Waals surface area contributed by atoms with Gasteiger partial charge in [0.05, 0.1) is 5.92 Å². The molecule has 2 N–H and O–H groups in total. The third kappa shape index (κ3) is 4.19.